The molecule has 35 heavy (non-hydrogen) atoms. The molecule has 0 aliphatic heterocycles. The molecule has 7 rings (SSSR count). The van der Waals surface area contributed by atoms with Crippen molar-refractivity contribution in [1.82, 2.24) is 4.57 Å². The molecule has 0 fully saturated rings. The molecule has 1 aliphatic carbocycles. The molecule has 0 bridgehead atoms. The number of rotatable bonds is 2. The van der Waals surface area contributed by atoms with Gasteiger partial charge in [-0.05, 0) is 70.6 Å². The third kappa shape index (κ3) is 2.82. The van der Waals surface area contributed by atoms with Crippen molar-refractivity contribution in [3.8, 4) is 27.9 Å². The summed E-state index contributed by atoms with van der Waals surface area (Å²) in [6, 6.07) is 40.1. The fourth-order valence-electron chi connectivity index (χ4n) is 6.20. The lowest BCUT2D eigenvalue weighted by Gasteiger charge is -2.23. The van der Waals surface area contributed by atoms with E-state index >= 15 is 0 Å². The van der Waals surface area contributed by atoms with E-state index in [1.165, 1.54) is 66.4 Å². The Balaban J connectivity index is 1.64. The van der Waals surface area contributed by atoms with Gasteiger partial charge in [0.2, 0.25) is 0 Å². The van der Waals surface area contributed by atoms with Gasteiger partial charge in [-0.15, -0.1) is 0 Å². The second-order valence-corrected chi connectivity index (χ2v) is 10.3. The fourth-order valence-corrected chi connectivity index (χ4v) is 6.20. The molecule has 0 amide bonds. The Kier molecular flexibility index (Phi) is 4.17. The van der Waals surface area contributed by atoms with Crippen LogP contribution in [0, 0.1) is 6.92 Å². The van der Waals surface area contributed by atoms with Gasteiger partial charge in [0.25, 0.3) is 0 Å². The van der Waals surface area contributed by atoms with Crippen molar-refractivity contribution < 1.29 is 0 Å². The highest BCUT2D eigenvalue weighted by Gasteiger charge is 2.38. The molecule has 5 aromatic carbocycles. The molecule has 0 saturated heterocycles. The smallest absolute Gasteiger partial charge is 0.0544 e. The summed E-state index contributed by atoms with van der Waals surface area (Å²) >= 11 is 0. The highest BCUT2D eigenvalue weighted by Crippen LogP contribution is 2.53. The first-order chi connectivity index (χ1) is 17.0. The summed E-state index contributed by atoms with van der Waals surface area (Å²) < 4.78 is 2.43. The molecule has 0 unspecified atom stereocenters. The molecule has 0 atom stereocenters. The van der Waals surface area contributed by atoms with Gasteiger partial charge in [-0.25, -0.2) is 0 Å². The second-order valence-electron chi connectivity index (χ2n) is 10.3. The Hall–Kier alpha value is -4.10. The zero-order valence-electron chi connectivity index (χ0n) is 20.3. The van der Waals surface area contributed by atoms with Gasteiger partial charge in [0.1, 0.15) is 0 Å². The largest absolute Gasteiger partial charge is 0.309 e. The highest BCUT2D eigenvalue weighted by molar-refractivity contribution is 6.15. The van der Waals surface area contributed by atoms with E-state index in [0.717, 1.165) is 0 Å². The predicted octanol–water partition coefficient (Wildman–Crippen LogP) is 9.07. The number of aryl methyl sites for hydroxylation is 1. The molecule has 6 aromatic rings. The normalized spacial score (nSPS) is 13.8. The summed E-state index contributed by atoms with van der Waals surface area (Å²) in [5, 5.41) is 2.69. The molecule has 1 heterocycles. The van der Waals surface area contributed by atoms with Crippen LogP contribution in [-0.2, 0) is 5.41 Å². The van der Waals surface area contributed by atoms with Crippen molar-refractivity contribution in [3.05, 3.63) is 126 Å². The summed E-state index contributed by atoms with van der Waals surface area (Å²) in [6.45, 7) is 6.98. The maximum atomic E-state index is 2.43. The van der Waals surface area contributed by atoms with Gasteiger partial charge in [-0.1, -0.05) is 98.3 Å². The van der Waals surface area contributed by atoms with Crippen molar-refractivity contribution in [2.24, 2.45) is 0 Å². The summed E-state index contributed by atoms with van der Waals surface area (Å²) in [5.74, 6) is 0. The molecule has 1 nitrogen and oxygen atoms in total. The van der Waals surface area contributed by atoms with Crippen molar-refractivity contribution in [1.29, 1.82) is 0 Å². The van der Waals surface area contributed by atoms with Crippen LogP contribution < -0.4 is 0 Å². The Labute approximate surface area is 206 Å². The van der Waals surface area contributed by atoms with Crippen molar-refractivity contribution >= 4 is 21.8 Å². The number of benzene rings is 5. The lowest BCUT2D eigenvalue weighted by molar-refractivity contribution is 0.666. The topological polar surface area (TPSA) is 4.93 Å². The van der Waals surface area contributed by atoms with E-state index in [-0.39, 0.29) is 5.41 Å². The van der Waals surface area contributed by atoms with Crippen LogP contribution >= 0.6 is 0 Å². The molecule has 0 saturated carbocycles. The van der Waals surface area contributed by atoms with E-state index in [1.54, 1.807) is 0 Å². The molecule has 168 valence electrons. The average Bonchev–Trinajstić information content (AvgIpc) is 3.33. The van der Waals surface area contributed by atoms with Crippen LogP contribution in [0.1, 0.15) is 30.5 Å². The van der Waals surface area contributed by atoms with Gasteiger partial charge in [-0.3, -0.25) is 0 Å². The average molecular weight is 450 g/mol. The first-order valence-corrected chi connectivity index (χ1v) is 12.4. The predicted molar refractivity (Wildman–Crippen MR) is 149 cm³/mol. The van der Waals surface area contributed by atoms with E-state index in [0.29, 0.717) is 0 Å². The van der Waals surface area contributed by atoms with Crippen molar-refractivity contribution in [3.63, 3.8) is 0 Å². The van der Waals surface area contributed by atoms with Crippen LogP contribution in [0.2, 0.25) is 0 Å². The van der Waals surface area contributed by atoms with Crippen molar-refractivity contribution in [2.75, 3.05) is 0 Å². The van der Waals surface area contributed by atoms with Gasteiger partial charge < -0.3 is 4.57 Å². The first-order valence-electron chi connectivity index (χ1n) is 12.4. The number of hydrogen-bond acceptors (Lipinski definition) is 0. The Bertz CT molecular complexity index is 1750. The Morgan fingerprint density at radius 1 is 0.600 bits per heavy atom. The zero-order chi connectivity index (χ0) is 23.7. The summed E-state index contributed by atoms with van der Waals surface area (Å²) in [5.41, 5.74) is 13.1. The quantitative estimate of drug-likeness (QED) is 0.248. The Morgan fingerprint density at radius 2 is 1.29 bits per heavy atom. The molecule has 0 radical (unpaired) electrons. The molecular formula is C34H27N. The number of nitrogens with zero attached hydrogens (tertiary/aromatic N) is 1. The van der Waals surface area contributed by atoms with Gasteiger partial charge in [0.05, 0.1) is 11.0 Å². The van der Waals surface area contributed by atoms with Gasteiger partial charge in [-0.2, -0.15) is 0 Å². The van der Waals surface area contributed by atoms with Crippen LogP contribution in [0.4, 0.5) is 0 Å². The van der Waals surface area contributed by atoms with Gasteiger partial charge in [0.15, 0.2) is 0 Å². The Morgan fingerprint density at radius 3 is 2.06 bits per heavy atom. The standard InChI is InChI=1S/C34H27N/c1-22-14-16-26-27-17-19-31-32(33(27)34(2,3)29(26)20-22)28-21-24(23-10-6-4-7-11-23)15-18-30(28)35(31)25-12-8-5-9-13-25/h4-21H,1-3H3. The third-order valence-corrected chi connectivity index (χ3v) is 7.82. The van der Waals surface area contributed by atoms with E-state index in [4.69, 9.17) is 0 Å². The lowest BCUT2D eigenvalue weighted by Crippen LogP contribution is -2.15. The number of para-hydroxylation sites is 1. The minimum absolute atomic E-state index is 0.0747. The second kappa shape index (κ2) is 7.20. The first kappa shape index (κ1) is 20.3. The molecule has 1 aliphatic rings. The molecule has 1 heteroatoms. The minimum Gasteiger partial charge on any atom is -0.309 e. The zero-order valence-corrected chi connectivity index (χ0v) is 20.3. The maximum Gasteiger partial charge on any atom is 0.0544 e. The van der Waals surface area contributed by atoms with Crippen molar-refractivity contribution in [2.45, 2.75) is 26.2 Å². The minimum atomic E-state index is -0.0747. The van der Waals surface area contributed by atoms with Crippen LogP contribution in [0.25, 0.3) is 49.7 Å². The number of hydrogen-bond donors (Lipinski definition) is 0. The van der Waals surface area contributed by atoms with Crippen LogP contribution in [0.3, 0.4) is 0 Å². The van der Waals surface area contributed by atoms with E-state index in [2.05, 4.69) is 135 Å². The van der Waals surface area contributed by atoms with Crippen LogP contribution in [-0.4, -0.2) is 4.57 Å². The van der Waals surface area contributed by atoms with Gasteiger partial charge >= 0.3 is 0 Å². The fraction of sp³-hybridized carbons (Fsp3) is 0.118. The van der Waals surface area contributed by atoms with Crippen LogP contribution in [0.5, 0.6) is 0 Å². The van der Waals surface area contributed by atoms with E-state index < -0.39 is 0 Å². The highest BCUT2D eigenvalue weighted by atomic mass is 15.0. The number of fused-ring (bicyclic) bond motifs is 7. The van der Waals surface area contributed by atoms with Gasteiger partial charge in [0, 0.05) is 21.9 Å². The molecule has 1 aromatic heterocycles. The summed E-state index contributed by atoms with van der Waals surface area (Å²) in [6.07, 6.45) is 0. The monoisotopic (exact) mass is 449 g/mol. The maximum absolute atomic E-state index is 2.43. The SMILES string of the molecule is Cc1ccc2c(c1)C(C)(C)c1c-2ccc2c1c1cc(-c3ccccc3)ccc1n2-c1ccccc1. The lowest BCUT2D eigenvalue weighted by atomic mass is 9.80. The number of aromatic nitrogens is 1. The molecule has 0 spiro atoms. The molecule has 0 N–H and O–H groups in total. The van der Waals surface area contributed by atoms with E-state index in [9.17, 15) is 0 Å². The summed E-state index contributed by atoms with van der Waals surface area (Å²) in [4.78, 5) is 0. The van der Waals surface area contributed by atoms with Crippen LogP contribution in [0.15, 0.2) is 109 Å². The summed E-state index contributed by atoms with van der Waals surface area (Å²) in [7, 11) is 0. The third-order valence-electron chi connectivity index (χ3n) is 7.82. The van der Waals surface area contributed by atoms with E-state index in [1.807, 2.05) is 0 Å². The molecular weight excluding hydrogens is 422 g/mol.